The molecule has 3 aromatic rings. The Morgan fingerprint density at radius 2 is 1.39 bits per heavy atom. The molecule has 0 unspecified atom stereocenters. The maximum Gasteiger partial charge on any atom is 0.407 e. The molecule has 2 aromatic carbocycles. The number of alkyl carbamates (subject to hydrolysis) is 1. The molecule has 1 aromatic heterocycles. The first kappa shape index (κ1) is 29.0. The number of pyridine rings is 1. The summed E-state index contributed by atoms with van der Waals surface area (Å²) in [7, 11) is 8.27. The predicted octanol–water partition coefficient (Wildman–Crippen LogP) is 4.62. The smallest absolute Gasteiger partial charge is 0.407 e. The number of ether oxygens (including phenoxy) is 1. The van der Waals surface area contributed by atoms with Crippen LogP contribution in [0.2, 0.25) is 0 Å². The molecule has 0 aliphatic rings. The fourth-order valence-corrected chi connectivity index (χ4v) is 4.42. The van der Waals surface area contributed by atoms with Crippen LogP contribution in [0, 0.1) is 0 Å². The Morgan fingerprint density at radius 1 is 0.789 bits per heavy atom. The number of anilines is 2. The Balaban J connectivity index is 1.56. The van der Waals surface area contributed by atoms with Crippen LogP contribution in [-0.4, -0.2) is 59.9 Å². The standard InChI is InChI=1S/C30H43N5O3/c1-6-7-19-38-30(37)32-17-16-31-29(36)11-9-8-10-18-35-27-21-25(33(2)3)14-12-23(27)20-24-13-15-26(34(4)5)22-28(24)35/h12-15,20-22H,6-11,16-19H2,1-5H3,(H-,31,32,36,37)/p+1. The van der Waals surface area contributed by atoms with Crippen molar-refractivity contribution in [1.29, 1.82) is 0 Å². The molecule has 0 atom stereocenters. The summed E-state index contributed by atoms with van der Waals surface area (Å²) in [4.78, 5) is 28.0. The Labute approximate surface area is 226 Å². The minimum absolute atomic E-state index is 0.0145. The summed E-state index contributed by atoms with van der Waals surface area (Å²) in [5.41, 5.74) is 4.79. The van der Waals surface area contributed by atoms with Gasteiger partial charge in [-0.05, 0) is 49.6 Å². The number of carbonyl (C=O) groups is 2. The normalized spacial score (nSPS) is 11.0. The van der Waals surface area contributed by atoms with Gasteiger partial charge in [0.15, 0.2) is 0 Å². The van der Waals surface area contributed by atoms with E-state index >= 15 is 0 Å². The summed E-state index contributed by atoms with van der Waals surface area (Å²) in [5.74, 6) is 0.0145. The number of carbonyl (C=O) groups excluding carboxylic acids is 2. The topological polar surface area (TPSA) is 77.8 Å². The van der Waals surface area contributed by atoms with Crippen LogP contribution in [0.3, 0.4) is 0 Å². The monoisotopic (exact) mass is 522 g/mol. The Bertz CT molecular complexity index is 1160. The van der Waals surface area contributed by atoms with E-state index in [4.69, 9.17) is 4.74 Å². The van der Waals surface area contributed by atoms with Crippen molar-refractivity contribution in [2.45, 2.75) is 52.0 Å². The van der Waals surface area contributed by atoms with Gasteiger partial charge in [0.2, 0.25) is 16.9 Å². The lowest BCUT2D eigenvalue weighted by Gasteiger charge is -2.15. The van der Waals surface area contributed by atoms with Crippen LogP contribution in [-0.2, 0) is 16.1 Å². The fraction of sp³-hybridized carbons (Fsp3) is 0.500. The third-order valence-electron chi connectivity index (χ3n) is 6.69. The van der Waals surface area contributed by atoms with Crippen molar-refractivity contribution in [3.05, 3.63) is 42.5 Å². The molecule has 2 amide bonds. The highest BCUT2D eigenvalue weighted by atomic mass is 16.5. The van der Waals surface area contributed by atoms with Crippen LogP contribution in [0.25, 0.3) is 21.8 Å². The number of fused-ring (bicyclic) bond motifs is 2. The lowest BCUT2D eigenvalue weighted by Crippen LogP contribution is -2.36. The van der Waals surface area contributed by atoms with E-state index in [-0.39, 0.29) is 5.91 Å². The minimum atomic E-state index is -0.429. The van der Waals surface area contributed by atoms with Crippen molar-refractivity contribution >= 4 is 45.2 Å². The number of aryl methyl sites for hydroxylation is 1. The number of rotatable bonds is 14. The summed E-state index contributed by atoms with van der Waals surface area (Å²) in [6, 6.07) is 15.5. The molecule has 0 saturated carbocycles. The first-order chi connectivity index (χ1) is 18.3. The zero-order chi connectivity index (χ0) is 27.5. The number of aromatic nitrogens is 1. The van der Waals surface area contributed by atoms with Gasteiger partial charge in [-0.15, -0.1) is 0 Å². The van der Waals surface area contributed by atoms with E-state index in [0.717, 1.165) is 38.6 Å². The van der Waals surface area contributed by atoms with E-state index in [2.05, 4.69) is 95.7 Å². The fourth-order valence-electron chi connectivity index (χ4n) is 4.42. The summed E-state index contributed by atoms with van der Waals surface area (Å²) in [6.07, 6.45) is 4.66. The van der Waals surface area contributed by atoms with Gasteiger partial charge < -0.3 is 25.2 Å². The molecule has 0 bridgehead atoms. The van der Waals surface area contributed by atoms with E-state index in [1.54, 1.807) is 0 Å². The molecule has 1 heterocycles. The average molecular weight is 523 g/mol. The predicted molar refractivity (Wildman–Crippen MR) is 156 cm³/mol. The van der Waals surface area contributed by atoms with Gasteiger partial charge in [0, 0.05) is 88.4 Å². The molecule has 3 rings (SSSR count). The number of hydrogen-bond acceptors (Lipinski definition) is 5. The number of amides is 2. The number of benzene rings is 2. The molecule has 0 fully saturated rings. The Morgan fingerprint density at radius 3 is 1.97 bits per heavy atom. The molecule has 206 valence electrons. The second-order valence-corrected chi connectivity index (χ2v) is 10.1. The number of nitrogens with zero attached hydrogens (tertiary/aromatic N) is 3. The van der Waals surface area contributed by atoms with Gasteiger partial charge in [0.1, 0.15) is 6.54 Å². The summed E-state index contributed by atoms with van der Waals surface area (Å²) >= 11 is 0. The highest BCUT2D eigenvalue weighted by molar-refractivity contribution is 5.91. The summed E-state index contributed by atoms with van der Waals surface area (Å²) in [6.45, 7) is 4.12. The van der Waals surface area contributed by atoms with Crippen LogP contribution in [0.1, 0.15) is 45.4 Å². The zero-order valence-corrected chi connectivity index (χ0v) is 23.7. The van der Waals surface area contributed by atoms with Crippen molar-refractivity contribution in [2.75, 3.05) is 57.7 Å². The largest absolute Gasteiger partial charge is 0.450 e. The lowest BCUT2D eigenvalue weighted by atomic mass is 10.1. The Hall–Kier alpha value is -3.55. The van der Waals surface area contributed by atoms with Gasteiger partial charge in [-0.1, -0.05) is 13.3 Å². The zero-order valence-electron chi connectivity index (χ0n) is 23.7. The summed E-state index contributed by atoms with van der Waals surface area (Å²) < 4.78 is 7.46. The Kier molecular flexibility index (Phi) is 11.0. The van der Waals surface area contributed by atoms with Crippen LogP contribution in [0.15, 0.2) is 42.5 Å². The molecule has 0 aliphatic heterocycles. The van der Waals surface area contributed by atoms with Gasteiger partial charge in [-0.25, -0.2) is 4.79 Å². The molecule has 2 N–H and O–H groups in total. The first-order valence-corrected chi connectivity index (χ1v) is 13.7. The second-order valence-electron chi connectivity index (χ2n) is 10.1. The SMILES string of the molecule is CCCCOC(=O)NCCNC(=O)CCCCC[n+]1c2cc(N(C)C)ccc2cc2ccc(N(C)C)cc21. The molecule has 8 heteroatoms. The molecule has 0 radical (unpaired) electrons. The molecule has 0 saturated heterocycles. The summed E-state index contributed by atoms with van der Waals surface area (Å²) in [5, 5.41) is 7.98. The lowest BCUT2D eigenvalue weighted by molar-refractivity contribution is -0.645. The number of unbranched alkanes of at least 4 members (excludes halogenated alkanes) is 3. The molecule has 0 aliphatic carbocycles. The van der Waals surface area contributed by atoms with Crippen molar-refractivity contribution < 1.29 is 18.9 Å². The highest BCUT2D eigenvalue weighted by Crippen LogP contribution is 2.25. The van der Waals surface area contributed by atoms with Crippen LogP contribution in [0.4, 0.5) is 16.2 Å². The van der Waals surface area contributed by atoms with Crippen molar-refractivity contribution in [3.8, 4) is 0 Å². The van der Waals surface area contributed by atoms with Crippen molar-refractivity contribution in [2.24, 2.45) is 0 Å². The maximum absolute atomic E-state index is 12.2. The van der Waals surface area contributed by atoms with E-state index < -0.39 is 6.09 Å². The van der Waals surface area contributed by atoms with E-state index in [0.29, 0.717) is 26.1 Å². The molecule has 0 spiro atoms. The second kappa shape index (κ2) is 14.4. The first-order valence-electron chi connectivity index (χ1n) is 13.7. The minimum Gasteiger partial charge on any atom is -0.450 e. The average Bonchev–Trinajstić information content (AvgIpc) is 2.89. The van der Waals surface area contributed by atoms with Gasteiger partial charge >= 0.3 is 6.09 Å². The van der Waals surface area contributed by atoms with E-state index in [9.17, 15) is 9.59 Å². The van der Waals surface area contributed by atoms with E-state index in [1.165, 1.54) is 33.2 Å². The number of nitrogens with one attached hydrogen (secondary N) is 2. The van der Waals surface area contributed by atoms with Gasteiger partial charge in [0.25, 0.3) is 0 Å². The molecule has 38 heavy (non-hydrogen) atoms. The van der Waals surface area contributed by atoms with Gasteiger partial charge in [-0.2, -0.15) is 4.57 Å². The molecular weight excluding hydrogens is 478 g/mol. The van der Waals surface area contributed by atoms with Gasteiger partial charge in [-0.3, -0.25) is 4.79 Å². The van der Waals surface area contributed by atoms with Gasteiger partial charge in [0.05, 0.1) is 6.61 Å². The molecular formula is C30H44N5O3+. The van der Waals surface area contributed by atoms with E-state index in [1.807, 2.05) is 6.92 Å². The van der Waals surface area contributed by atoms with Crippen molar-refractivity contribution in [1.82, 2.24) is 10.6 Å². The number of hydrogen-bond donors (Lipinski definition) is 2. The highest BCUT2D eigenvalue weighted by Gasteiger charge is 2.17. The van der Waals surface area contributed by atoms with Crippen LogP contribution >= 0.6 is 0 Å². The third-order valence-corrected chi connectivity index (χ3v) is 6.69. The quantitative estimate of drug-likeness (QED) is 0.184. The third kappa shape index (κ3) is 8.23. The van der Waals surface area contributed by atoms with Crippen molar-refractivity contribution in [3.63, 3.8) is 0 Å². The van der Waals surface area contributed by atoms with Crippen LogP contribution in [0.5, 0.6) is 0 Å². The molecule has 8 nitrogen and oxygen atoms in total. The van der Waals surface area contributed by atoms with Crippen LogP contribution < -0.4 is 25.0 Å². The maximum atomic E-state index is 12.2.